The Morgan fingerprint density at radius 2 is 1.86 bits per heavy atom. The number of carbonyl (C=O) groups is 1. The molecule has 2 unspecified atom stereocenters. The van der Waals surface area contributed by atoms with Crippen LogP contribution in [0, 0.1) is 29.6 Å². The average Bonchev–Trinajstić information content (AvgIpc) is 3.21. The van der Waals surface area contributed by atoms with E-state index in [1.54, 1.807) is 18.9 Å². The van der Waals surface area contributed by atoms with Gasteiger partial charge in [0, 0.05) is 25.2 Å². The normalized spacial score (nSPS) is 22.6. The van der Waals surface area contributed by atoms with E-state index in [1.807, 2.05) is 54.6 Å². The number of para-hydroxylation sites is 2. The number of aromatic nitrogens is 1. The third-order valence-electron chi connectivity index (χ3n) is 5.69. The fourth-order valence-electron chi connectivity index (χ4n) is 4.48. The van der Waals surface area contributed by atoms with Gasteiger partial charge in [0.25, 0.3) is 0 Å². The van der Waals surface area contributed by atoms with E-state index in [1.165, 1.54) is 4.90 Å². The maximum atomic E-state index is 13.6. The van der Waals surface area contributed by atoms with Crippen LogP contribution in [0.2, 0.25) is 0 Å². The molecule has 2 aromatic carbocycles. The van der Waals surface area contributed by atoms with E-state index in [4.69, 9.17) is 9.83 Å². The number of hydrogen-bond acceptors (Lipinski definition) is 5. The van der Waals surface area contributed by atoms with Gasteiger partial charge in [0.05, 0.1) is 11.8 Å². The van der Waals surface area contributed by atoms with E-state index in [0.717, 1.165) is 5.69 Å². The fourth-order valence-corrected chi connectivity index (χ4v) is 4.48. The maximum Gasteiger partial charge on any atom is 0.248 e. The van der Waals surface area contributed by atoms with Crippen molar-refractivity contribution in [1.29, 1.82) is 10.7 Å². The van der Waals surface area contributed by atoms with Crippen molar-refractivity contribution in [3.05, 3.63) is 71.8 Å². The number of likely N-dealkylation sites (N-methyl/N-ethyl adjacent to an activating group) is 1. The van der Waals surface area contributed by atoms with E-state index >= 15 is 0 Å². The largest absolute Gasteiger partial charge is 0.442 e. The van der Waals surface area contributed by atoms with Crippen LogP contribution in [0.1, 0.15) is 17.2 Å². The first-order chi connectivity index (χ1) is 14.0. The summed E-state index contributed by atoms with van der Waals surface area (Å²) in [6.45, 7) is 1.71. The Morgan fingerprint density at radius 3 is 2.59 bits per heavy atom. The van der Waals surface area contributed by atoms with Crippen molar-refractivity contribution in [3.63, 3.8) is 0 Å². The molecule has 0 saturated carbocycles. The third-order valence-corrected chi connectivity index (χ3v) is 5.69. The van der Waals surface area contributed by atoms with Crippen LogP contribution in [0.15, 0.2) is 59.0 Å². The molecule has 3 aromatic rings. The number of anilines is 3. The Balaban J connectivity index is 1.88. The summed E-state index contributed by atoms with van der Waals surface area (Å²) >= 11 is 0. The van der Waals surface area contributed by atoms with Crippen LogP contribution in [0.25, 0.3) is 0 Å². The molecule has 3 heterocycles. The number of oxazole rings is 1. The number of nitrogens with one attached hydrogen (secondary N) is 1. The highest BCUT2D eigenvalue weighted by Gasteiger charge is 2.65. The SMILES string of the molecule is Cc1nc2c(o1)C1(C(=O)N2C)c2ccccc2N(c2ccccc2)C(=N)C1C#N. The minimum atomic E-state index is -1.43. The van der Waals surface area contributed by atoms with Crippen LogP contribution in [0.3, 0.4) is 0 Å². The molecule has 7 nitrogen and oxygen atoms in total. The molecule has 2 aliphatic heterocycles. The van der Waals surface area contributed by atoms with Gasteiger partial charge in [-0.2, -0.15) is 10.2 Å². The molecule has 0 aliphatic carbocycles. The molecule has 142 valence electrons. The summed E-state index contributed by atoms with van der Waals surface area (Å²) in [4.78, 5) is 21.1. The lowest BCUT2D eigenvalue weighted by molar-refractivity contribution is -0.122. The van der Waals surface area contributed by atoms with Gasteiger partial charge in [-0.3, -0.25) is 20.0 Å². The van der Waals surface area contributed by atoms with Crippen molar-refractivity contribution in [2.75, 3.05) is 16.8 Å². The molecule has 1 aromatic heterocycles. The number of hydrogen-bond donors (Lipinski definition) is 1. The van der Waals surface area contributed by atoms with Crippen molar-refractivity contribution in [3.8, 4) is 6.07 Å². The second kappa shape index (κ2) is 5.79. The zero-order chi connectivity index (χ0) is 20.3. The van der Waals surface area contributed by atoms with E-state index in [-0.39, 0.29) is 11.7 Å². The predicted molar refractivity (Wildman–Crippen MR) is 107 cm³/mol. The van der Waals surface area contributed by atoms with Crippen molar-refractivity contribution >= 4 is 28.9 Å². The first-order valence-corrected chi connectivity index (χ1v) is 9.20. The Labute approximate surface area is 167 Å². The minimum Gasteiger partial charge on any atom is -0.442 e. The van der Waals surface area contributed by atoms with Gasteiger partial charge in [-0.25, -0.2) is 0 Å². The van der Waals surface area contributed by atoms with Gasteiger partial charge in [0.15, 0.2) is 22.9 Å². The molecule has 1 N–H and O–H groups in total. The summed E-state index contributed by atoms with van der Waals surface area (Å²) in [6, 6.07) is 19.0. The highest BCUT2D eigenvalue weighted by molar-refractivity contribution is 6.19. The van der Waals surface area contributed by atoms with Gasteiger partial charge in [0.2, 0.25) is 5.91 Å². The lowest BCUT2D eigenvalue weighted by atomic mass is 9.65. The molecule has 2 aliphatic rings. The number of nitriles is 1. The Bertz CT molecular complexity index is 1210. The number of benzene rings is 2. The average molecular weight is 383 g/mol. The second-order valence-electron chi connectivity index (χ2n) is 7.19. The van der Waals surface area contributed by atoms with Crippen molar-refractivity contribution < 1.29 is 9.21 Å². The molecule has 0 radical (unpaired) electrons. The molecule has 1 spiro atoms. The van der Waals surface area contributed by atoms with Gasteiger partial charge >= 0.3 is 0 Å². The van der Waals surface area contributed by atoms with E-state index in [2.05, 4.69) is 11.1 Å². The first-order valence-electron chi connectivity index (χ1n) is 9.20. The number of carbonyl (C=O) groups excluding carboxylic acids is 1. The van der Waals surface area contributed by atoms with Crippen molar-refractivity contribution in [2.45, 2.75) is 12.3 Å². The number of nitrogens with zero attached hydrogens (tertiary/aromatic N) is 4. The number of amidine groups is 1. The molecule has 0 bridgehead atoms. The van der Waals surface area contributed by atoms with Crippen LogP contribution >= 0.6 is 0 Å². The molecule has 5 rings (SSSR count). The zero-order valence-corrected chi connectivity index (χ0v) is 15.9. The van der Waals surface area contributed by atoms with E-state index < -0.39 is 11.3 Å². The Morgan fingerprint density at radius 1 is 1.17 bits per heavy atom. The second-order valence-corrected chi connectivity index (χ2v) is 7.19. The van der Waals surface area contributed by atoms with Crippen molar-refractivity contribution in [2.24, 2.45) is 5.92 Å². The quantitative estimate of drug-likeness (QED) is 0.693. The van der Waals surface area contributed by atoms with Gasteiger partial charge in [-0.1, -0.05) is 36.4 Å². The zero-order valence-electron chi connectivity index (χ0n) is 15.9. The van der Waals surface area contributed by atoms with Gasteiger partial charge in [-0.05, 0) is 18.2 Å². The summed E-state index contributed by atoms with van der Waals surface area (Å²) in [5.41, 5.74) is 0.642. The predicted octanol–water partition coefficient (Wildman–Crippen LogP) is 3.51. The standard InChI is InChI=1S/C22H17N5O2/c1-13-25-20-18(29-13)22(21(28)26(20)2)15-10-6-7-11-17(15)27(19(24)16(22)12-23)14-8-4-3-5-9-14/h3-11,16,24H,1-2H3. The molecular formula is C22H17N5O2. The summed E-state index contributed by atoms with van der Waals surface area (Å²) in [5, 5.41) is 19.1. The van der Waals surface area contributed by atoms with Crippen LogP contribution < -0.4 is 9.80 Å². The highest BCUT2D eigenvalue weighted by Crippen LogP contribution is 2.56. The molecule has 1 amide bonds. The van der Waals surface area contributed by atoms with E-state index in [9.17, 15) is 10.1 Å². The van der Waals surface area contributed by atoms with Gasteiger partial charge in [-0.15, -0.1) is 0 Å². The van der Waals surface area contributed by atoms with Crippen LogP contribution in [0.5, 0.6) is 0 Å². The summed E-state index contributed by atoms with van der Waals surface area (Å²) in [5.74, 6) is -0.195. The van der Waals surface area contributed by atoms with Crippen molar-refractivity contribution in [1.82, 2.24) is 4.98 Å². The summed E-state index contributed by atoms with van der Waals surface area (Å²) in [7, 11) is 1.63. The smallest absolute Gasteiger partial charge is 0.248 e. The highest BCUT2D eigenvalue weighted by atomic mass is 16.4. The summed E-state index contributed by atoms with van der Waals surface area (Å²) < 4.78 is 5.90. The van der Waals surface area contributed by atoms with Gasteiger partial charge in [0.1, 0.15) is 11.8 Å². The van der Waals surface area contributed by atoms with Crippen LogP contribution in [-0.2, 0) is 10.2 Å². The van der Waals surface area contributed by atoms with Gasteiger partial charge < -0.3 is 4.42 Å². The third kappa shape index (κ3) is 1.98. The van der Waals surface area contributed by atoms with Crippen LogP contribution in [0.4, 0.5) is 17.2 Å². The number of rotatable bonds is 1. The Hall–Kier alpha value is -3.92. The lowest BCUT2D eigenvalue weighted by Crippen LogP contribution is -2.55. The first kappa shape index (κ1) is 17.2. The number of aryl methyl sites for hydroxylation is 1. The molecule has 2 atom stereocenters. The fraction of sp³-hybridized carbons (Fsp3) is 0.182. The lowest BCUT2D eigenvalue weighted by Gasteiger charge is -2.43. The maximum absolute atomic E-state index is 13.6. The minimum absolute atomic E-state index is 0.0288. The van der Waals surface area contributed by atoms with E-state index in [0.29, 0.717) is 28.7 Å². The molecule has 0 saturated heterocycles. The molecule has 29 heavy (non-hydrogen) atoms. The molecule has 0 fully saturated rings. The molecule has 7 heteroatoms. The molecular weight excluding hydrogens is 366 g/mol. The Kier molecular flexibility index (Phi) is 3.43. The topological polar surface area (TPSA) is 97.2 Å². The van der Waals surface area contributed by atoms with Crippen LogP contribution in [-0.4, -0.2) is 23.8 Å². The number of fused-ring (bicyclic) bond motifs is 4. The monoisotopic (exact) mass is 383 g/mol. The number of amides is 1. The summed E-state index contributed by atoms with van der Waals surface area (Å²) in [6.07, 6.45) is 0.